The molecule has 4 nitrogen and oxygen atoms in total. The summed E-state index contributed by atoms with van der Waals surface area (Å²) in [6, 6.07) is 7.83. The summed E-state index contributed by atoms with van der Waals surface area (Å²) >= 11 is 0. The summed E-state index contributed by atoms with van der Waals surface area (Å²) in [5.41, 5.74) is 4.76. The zero-order chi connectivity index (χ0) is 15.9. The number of hydrogen-bond acceptors (Lipinski definition) is 3. The van der Waals surface area contributed by atoms with Gasteiger partial charge in [0.15, 0.2) is 6.61 Å². The SMILES string of the molecule is CCC/C(C)=N\NC(=O)COc1ccc(C(C)(C)C)cc1. The van der Waals surface area contributed by atoms with Crippen LogP contribution in [0.15, 0.2) is 29.4 Å². The predicted molar refractivity (Wildman–Crippen MR) is 86.8 cm³/mol. The molecule has 0 radical (unpaired) electrons. The number of hydrazone groups is 1. The molecule has 4 heteroatoms. The molecule has 0 fully saturated rings. The smallest absolute Gasteiger partial charge is 0.277 e. The molecule has 0 heterocycles. The van der Waals surface area contributed by atoms with Crippen molar-refractivity contribution in [1.29, 1.82) is 0 Å². The topological polar surface area (TPSA) is 50.7 Å². The lowest BCUT2D eigenvalue weighted by atomic mass is 9.87. The molecule has 1 aromatic carbocycles. The Morgan fingerprint density at radius 2 is 1.86 bits per heavy atom. The van der Waals surface area contributed by atoms with Gasteiger partial charge in [-0.1, -0.05) is 46.2 Å². The number of rotatable bonds is 6. The average molecular weight is 290 g/mol. The molecule has 0 bridgehead atoms. The van der Waals surface area contributed by atoms with Crippen LogP contribution in [-0.4, -0.2) is 18.2 Å². The molecule has 0 saturated heterocycles. The van der Waals surface area contributed by atoms with E-state index in [0.717, 1.165) is 18.6 Å². The molecule has 0 aliphatic carbocycles. The standard InChI is InChI=1S/C17H26N2O2/c1-6-7-13(2)18-19-16(20)12-21-15-10-8-14(9-11-15)17(3,4)5/h8-11H,6-7,12H2,1-5H3,(H,19,20)/b18-13-. The molecule has 1 N–H and O–H groups in total. The van der Waals surface area contributed by atoms with Crippen LogP contribution >= 0.6 is 0 Å². The van der Waals surface area contributed by atoms with Gasteiger partial charge in [0, 0.05) is 5.71 Å². The molecule has 1 amide bonds. The highest BCUT2D eigenvalue weighted by molar-refractivity contribution is 5.84. The number of ether oxygens (including phenoxy) is 1. The first-order valence-electron chi connectivity index (χ1n) is 7.38. The molecule has 0 aliphatic heterocycles. The number of carbonyl (C=O) groups is 1. The highest BCUT2D eigenvalue weighted by Gasteiger charge is 2.13. The van der Waals surface area contributed by atoms with Gasteiger partial charge in [0.05, 0.1) is 0 Å². The average Bonchev–Trinajstić information content (AvgIpc) is 2.43. The zero-order valence-electron chi connectivity index (χ0n) is 13.7. The molecule has 21 heavy (non-hydrogen) atoms. The van der Waals surface area contributed by atoms with Crippen LogP contribution in [0.3, 0.4) is 0 Å². The summed E-state index contributed by atoms with van der Waals surface area (Å²) < 4.78 is 5.45. The second-order valence-electron chi connectivity index (χ2n) is 6.20. The Balaban J connectivity index is 2.45. The molecule has 0 spiro atoms. The monoisotopic (exact) mass is 290 g/mol. The minimum atomic E-state index is -0.245. The number of benzene rings is 1. The van der Waals surface area contributed by atoms with Crippen molar-refractivity contribution in [3.63, 3.8) is 0 Å². The quantitative estimate of drug-likeness (QED) is 0.642. The Kier molecular flexibility index (Phi) is 6.40. The van der Waals surface area contributed by atoms with Crippen LogP contribution in [-0.2, 0) is 10.2 Å². The van der Waals surface area contributed by atoms with E-state index in [0.29, 0.717) is 5.75 Å². The maximum absolute atomic E-state index is 11.6. The summed E-state index contributed by atoms with van der Waals surface area (Å²) in [6.07, 6.45) is 1.90. The van der Waals surface area contributed by atoms with Gasteiger partial charge in [-0.3, -0.25) is 4.79 Å². The van der Waals surface area contributed by atoms with Crippen LogP contribution < -0.4 is 10.2 Å². The van der Waals surface area contributed by atoms with Crippen molar-refractivity contribution in [3.8, 4) is 5.75 Å². The van der Waals surface area contributed by atoms with Gasteiger partial charge < -0.3 is 4.74 Å². The van der Waals surface area contributed by atoms with E-state index in [1.165, 1.54) is 5.56 Å². The molecule has 116 valence electrons. The van der Waals surface area contributed by atoms with E-state index >= 15 is 0 Å². The van der Waals surface area contributed by atoms with Crippen molar-refractivity contribution in [3.05, 3.63) is 29.8 Å². The second kappa shape index (κ2) is 7.81. The summed E-state index contributed by atoms with van der Waals surface area (Å²) in [6.45, 7) is 10.4. The van der Waals surface area contributed by atoms with E-state index < -0.39 is 0 Å². The Hall–Kier alpha value is -1.84. The molecular formula is C17H26N2O2. The molecular weight excluding hydrogens is 264 g/mol. The Bertz CT molecular complexity index is 485. The second-order valence-corrected chi connectivity index (χ2v) is 6.20. The van der Waals surface area contributed by atoms with Gasteiger partial charge in [-0.25, -0.2) is 5.43 Å². The van der Waals surface area contributed by atoms with Crippen molar-refractivity contribution in [2.24, 2.45) is 5.10 Å². The molecule has 1 aromatic rings. The van der Waals surface area contributed by atoms with Gasteiger partial charge in [-0.2, -0.15) is 5.10 Å². The van der Waals surface area contributed by atoms with Crippen LogP contribution in [0.5, 0.6) is 5.75 Å². The molecule has 0 aliphatic rings. The lowest BCUT2D eigenvalue weighted by Crippen LogP contribution is -2.25. The van der Waals surface area contributed by atoms with E-state index in [-0.39, 0.29) is 17.9 Å². The fourth-order valence-electron chi connectivity index (χ4n) is 1.81. The Morgan fingerprint density at radius 3 is 2.38 bits per heavy atom. The van der Waals surface area contributed by atoms with Crippen LogP contribution in [0.4, 0.5) is 0 Å². The summed E-state index contributed by atoms with van der Waals surface area (Å²) in [7, 11) is 0. The predicted octanol–water partition coefficient (Wildman–Crippen LogP) is 3.66. The fraction of sp³-hybridized carbons (Fsp3) is 0.529. The third-order valence-corrected chi connectivity index (χ3v) is 3.07. The highest BCUT2D eigenvalue weighted by atomic mass is 16.5. The van der Waals surface area contributed by atoms with Crippen molar-refractivity contribution in [1.82, 2.24) is 5.43 Å². The first kappa shape index (κ1) is 17.2. The Morgan fingerprint density at radius 1 is 1.24 bits per heavy atom. The summed E-state index contributed by atoms with van der Waals surface area (Å²) in [4.78, 5) is 11.6. The van der Waals surface area contributed by atoms with Crippen LogP contribution in [0, 0.1) is 0 Å². The van der Waals surface area contributed by atoms with Gasteiger partial charge in [0.1, 0.15) is 5.75 Å². The number of hydrogen-bond donors (Lipinski definition) is 1. The largest absolute Gasteiger partial charge is 0.484 e. The highest BCUT2D eigenvalue weighted by Crippen LogP contribution is 2.24. The van der Waals surface area contributed by atoms with Gasteiger partial charge in [0.25, 0.3) is 5.91 Å². The summed E-state index contributed by atoms with van der Waals surface area (Å²) in [5.74, 6) is 0.442. The number of carbonyl (C=O) groups excluding carboxylic acids is 1. The maximum Gasteiger partial charge on any atom is 0.277 e. The van der Waals surface area contributed by atoms with E-state index in [1.807, 2.05) is 31.2 Å². The maximum atomic E-state index is 11.6. The first-order chi connectivity index (χ1) is 9.82. The van der Waals surface area contributed by atoms with Crippen molar-refractivity contribution in [2.45, 2.75) is 52.9 Å². The fourth-order valence-corrected chi connectivity index (χ4v) is 1.81. The van der Waals surface area contributed by atoms with Crippen molar-refractivity contribution >= 4 is 11.6 Å². The zero-order valence-corrected chi connectivity index (χ0v) is 13.7. The molecule has 0 saturated carbocycles. The third-order valence-electron chi connectivity index (χ3n) is 3.07. The Labute approximate surface area is 127 Å². The normalized spacial score (nSPS) is 12.1. The minimum absolute atomic E-state index is 0.0300. The van der Waals surface area contributed by atoms with E-state index in [1.54, 1.807) is 0 Å². The number of nitrogens with zero attached hydrogens (tertiary/aromatic N) is 1. The number of nitrogens with one attached hydrogen (secondary N) is 1. The molecule has 0 atom stereocenters. The molecule has 1 rings (SSSR count). The first-order valence-corrected chi connectivity index (χ1v) is 7.38. The van der Waals surface area contributed by atoms with Crippen LogP contribution in [0.2, 0.25) is 0 Å². The molecule has 0 unspecified atom stereocenters. The lowest BCUT2D eigenvalue weighted by molar-refractivity contribution is -0.123. The van der Waals surface area contributed by atoms with Crippen LogP contribution in [0.25, 0.3) is 0 Å². The van der Waals surface area contributed by atoms with Gasteiger partial charge in [0.2, 0.25) is 0 Å². The van der Waals surface area contributed by atoms with E-state index in [4.69, 9.17) is 4.74 Å². The third kappa shape index (κ3) is 6.43. The molecule has 0 aromatic heterocycles. The van der Waals surface area contributed by atoms with E-state index in [2.05, 4.69) is 38.2 Å². The van der Waals surface area contributed by atoms with E-state index in [9.17, 15) is 4.79 Å². The van der Waals surface area contributed by atoms with Gasteiger partial charge in [-0.15, -0.1) is 0 Å². The van der Waals surface area contributed by atoms with Crippen LogP contribution in [0.1, 0.15) is 53.0 Å². The summed E-state index contributed by atoms with van der Waals surface area (Å²) in [5, 5.41) is 4.01. The van der Waals surface area contributed by atoms with Gasteiger partial charge in [-0.05, 0) is 36.5 Å². The van der Waals surface area contributed by atoms with Crippen molar-refractivity contribution < 1.29 is 9.53 Å². The minimum Gasteiger partial charge on any atom is -0.484 e. The lowest BCUT2D eigenvalue weighted by Gasteiger charge is -2.19. The number of amides is 1. The van der Waals surface area contributed by atoms with Gasteiger partial charge >= 0.3 is 0 Å². The van der Waals surface area contributed by atoms with Crippen molar-refractivity contribution in [2.75, 3.05) is 6.61 Å².